The van der Waals surface area contributed by atoms with Crippen molar-refractivity contribution < 1.29 is 9.90 Å². The van der Waals surface area contributed by atoms with E-state index in [1.807, 2.05) is 0 Å². The van der Waals surface area contributed by atoms with Crippen LogP contribution in [0.2, 0.25) is 10.0 Å². The van der Waals surface area contributed by atoms with E-state index in [1.54, 1.807) is 6.07 Å². The van der Waals surface area contributed by atoms with Gasteiger partial charge in [-0.15, -0.1) is 0 Å². The molecule has 0 atom stereocenters. The predicted molar refractivity (Wildman–Crippen MR) is 84.5 cm³/mol. The van der Waals surface area contributed by atoms with Crippen molar-refractivity contribution >= 4 is 56.3 Å². The van der Waals surface area contributed by atoms with Gasteiger partial charge in [0.25, 0.3) is 0 Å². The fourth-order valence-corrected chi connectivity index (χ4v) is 2.52. The normalized spacial score (nSPS) is 10.6. The van der Waals surface area contributed by atoms with Crippen LogP contribution in [0.25, 0.3) is 0 Å². The SMILES string of the molecule is Nc1cc(Cl)c(Cl)c(C(=O)c2cc(Br)ccc2O)c1N. The van der Waals surface area contributed by atoms with Gasteiger partial charge in [-0.1, -0.05) is 39.1 Å². The van der Waals surface area contributed by atoms with Crippen molar-refractivity contribution in [3.8, 4) is 5.75 Å². The molecule has 0 aromatic heterocycles. The summed E-state index contributed by atoms with van der Waals surface area (Å²) in [6.45, 7) is 0. The fraction of sp³-hybridized carbons (Fsp3) is 0. The van der Waals surface area contributed by atoms with Crippen molar-refractivity contribution in [2.24, 2.45) is 0 Å². The Balaban J connectivity index is 2.68. The molecular weight excluding hydrogens is 367 g/mol. The standard InChI is InChI=1S/C13H9BrCl2N2O2/c14-5-1-2-9(19)6(3-5)13(20)10-11(16)7(15)4-8(17)12(10)18/h1-4,19H,17-18H2. The lowest BCUT2D eigenvalue weighted by Gasteiger charge is -2.12. The minimum Gasteiger partial charge on any atom is -0.507 e. The highest BCUT2D eigenvalue weighted by Crippen LogP contribution is 2.37. The minimum atomic E-state index is -0.555. The molecule has 0 heterocycles. The zero-order valence-electron chi connectivity index (χ0n) is 9.95. The van der Waals surface area contributed by atoms with Crippen molar-refractivity contribution in [3.63, 3.8) is 0 Å². The Bertz CT molecular complexity index is 694. The molecule has 5 N–H and O–H groups in total. The van der Waals surface area contributed by atoms with Crippen LogP contribution in [-0.2, 0) is 0 Å². The maximum Gasteiger partial charge on any atom is 0.200 e. The fourth-order valence-electron chi connectivity index (χ4n) is 1.71. The molecule has 0 bridgehead atoms. The third kappa shape index (κ3) is 2.57. The first kappa shape index (κ1) is 15.0. The number of hydrogen-bond donors (Lipinski definition) is 3. The number of phenolic OH excluding ortho intramolecular Hbond substituents is 1. The topological polar surface area (TPSA) is 89.3 Å². The largest absolute Gasteiger partial charge is 0.507 e. The Labute approximate surface area is 133 Å². The van der Waals surface area contributed by atoms with E-state index in [0.29, 0.717) is 4.47 Å². The first-order valence-electron chi connectivity index (χ1n) is 5.39. The first-order chi connectivity index (χ1) is 9.32. The number of hydrogen-bond acceptors (Lipinski definition) is 4. The van der Waals surface area contributed by atoms with Gasteiger partial charge in [-0.3, -0.25) is 4.79 Å². The Kier molecular flexibility index (Phi) is 4.13. The number of nitrogens with two attached hydrogens (primary N) is 2. The van der Waals surface area contributed by atoms with Gasteiger partial charge in [-0.05, 0) is 24.3 Å². The average Bonchev–Trinajstić information content (AvgIpc) is 2.39. The summed E-state index contributed by atoms with van der Waals surface area (Å²) in [5, 5.41) is 9.92. The van der Waals surface area contributed by atoms with Crippen LogP contribution in [0, 0.1) is 0 Å². The van der Waals surface area contributed by atoms with E-state index in [0.717, 1.165) is 0 Å². The van der Waals surface area contributed by atoms with E-state index in [-0.39, 0.29) is 38.3 Å². The number of nitrogen functional groups attached to an aromatic ring is 2. The van der Waals surface area contributed by atoms with Gasteiger partial charge in [-0.25, -0.2) is 0 Å². The summed E-state index contributed by atoms with van der Waals surface area (Å²) in [4.78, 5) is 12.5. The van der Waals surface area contributed by atoms with Crippen LogP contribution < -0.4 is 11.5 Å². The van der Waals surface area contributed by atoms with Crippen molar-refractivity contribution in [2.75, 3.05) is 11.5 Å². The summed E-state index contributed by atoms with van der Waals surface area (Å²) < 4.78 is 0.628. The van der Waals surface area contributed by atoms with E-state index in [1.165, 1.54) is 18.2 Å². The highest BCUT2D eigenvalue weighted by molar-refractivity contribution is 9.10. The second-order valence-corrected chi connectivity index (χ2v) is 5.74. The summed E-state index contributed by atoms with van der Waals surface area (Å²) in [5.41, 5.74) is 11.7. The Morgan fingerprint density at radius 3 is 2.50 bits per heavy atom. The summed E-state index contributed by atoms with van der Waals surface area (Å²) >= 11 is 15.2. The van der Waals surface area contributed by atoms with E-state index in [2.05, 4.69) is 15.9 Å². The van der Waals surface area contributed by atoms with Crippen molar-refractivity contribution in [1.82, 2.24) is 0 Å². The number of carbonyl (C=O) groups excluding carboxylic acids is 1. The lowest BCUT2D eigenvalue weighted by Crippen LogP contribution is -2.09. The second kappa shape index (κ2) is 5.52. The molecule has 0 radical (unpaired) electrons. The van der Waals surface area contributed by atoms with E-state index < -0.39 is 5.78 Å². The molecule has 0 aliphatic heterocycles. The number of halogens is 3. The van der Waals surface area contributed by atoms with Crippen LogP contribution in [0.3, 0.4) is 0 Å². The van der Waals surface area contributed by atoms with Gasteiger partial charge in [0.15, 0.2) is 5.78 Å². The van der Waals surface area contributed by atoms with E-state index in [4.69, 9.17) is 34.7 Å². The molecule has 0 amide bonds. The van der Waals surface area contributed by atoms with Gasteiger partial charge in [0.1, 0.15) is 5.75 Å². The Morgan fingerprint density at radius 2 is 1.85 bits per heavy atom. The highest BCUT2D eigenvalue weighted by atomic mass is 79.9. The highest BCUT2D eigenvalue weighted by Gasteiger charge is 2.23. The molecule has 0 spiro atoms. The molecule has 7 heteroatoms. The van der Waals surface area contributed by atoms with Crippen molar-refractivity contribution in [1.29, 1.82) is 0 Å². The van der Waals surface area contributed by atoms with E-state index >= 15 is 0 Å². The van der Waals surface area contributed by atoms with E-state index in [9.17, 15) is 9.90 Å². The molecule has 104 valence electrons. The lowest BCUT2D eigenvalue weighted by molar-refractivity contribution is 0.103. The number of ketones is 1. The second-order valence-electron chi connectivity index (χ2n) is 4.04. The summed E-state index contributed by atoms with van der Waals surface area (Å²) in [5.74, 6) is -0.743. The van der Waals surface area contributed by atoms with Crippen molar-refractivity contribution in [3.05, 3.63) is 49.9 Å². The van der Waals surface area contributed by atoms with Gasteiger partial charge >= 0.3 is 0 Å². The molecular formula is C13H9BrCl2N2O2. The molecule has 0 aliphatic rings. The zero-order chi connectivity index (χ0) is 15.0. The third-order valence-electron chi connectivity index (χ3n) is 2.72. The minimum absolute atomic E-state index is 0.00254. The molecule has 2 rings (SSSR count). The molecule has 0 saturated carbocycles. The van der Waals surface area contributed by atoms with Crippen LogP contribution in [0.1, 0.15) is 15.9 Å². The zero-order valence-corrected chi connectivity index (χ0v) is 13.1. The maximum atomic E-state index is 12.5. The van der Waals surface area contributed by atoms with Crippen LogP contribution in [0.15, 0.2) is 28.7 Å². The lowest BCUT2D eigenvalue weighted by atomic mass is 10.00. The Hall–Kier alpha value is -1.43. The number of benzene rings is 2. The molecule has 2 aromatic carbocycles. The summed E-state index contributed by atoms with van der Waals surface area (Å²) in [7, 11) is 0. The molecule has 4 nitrogen and oxygen atoms in total. The number of carbonyl (C=O) groups is 1. The molecule has 0 fully saturated rings. The third-order valence-corrected chi connectivity index (χ3v) is 4.00. The van der Waals surface area contributed by atoms with Gasteiger partial charge in [0.2, 0.25) is 0 Å². The van der Waals surface area contributed by atoms with Crippen LogP contribution in [-0.4, -0.2) is 10.9 Å². The quantitative estimate of drug-likeness (QED) is 0.549. The molecule has 20 heavy (non-hydrogen) atoms. The summed E-state index contributed by atoms with van der Waals surface area (Å²) in [6, 6.07) is 5.82. The first-order valence-corrected chi connectivity index (χ1v) is 6.94. The molecule has 2 aromatic rings. The van der Waals surface area contributed by atoms with Crippen molar-refractivity contribution in [2.45, 2.75) is 0 Å². The molecule has 0 saturated heterocycles. The van der Waals surface area contributed by atoms with Gasteiger partial charge < -0.3 is 16.6 Å². The van der Waals surface area contributed by atoms with Crippen LogP contribution in [0.4, 0.5) is 11.4 Å². The smallest absolute Gasteiger partial charge is 0.200 e. The summed E-state index contributed by atoms with van der Waals surface area (Å²) in [6.07, 6.45) is 0. The average molecular weight is 376 g/mol. The van der Waals surface area contributed by atoms with Gasteiger partial charge in [-0.2, -0.15) is 0 Å². The Morgan fingerprint density at radius 1 is 1.20 bits per heavy atom. The molecule has 0 unspecified atom stereocenters. The number of anilines is 2. The predicted octanol–water partition coefficient (Wildman–Crippen LogP) is 3.86. The number of rotatable bonds is 2. The maximum absolute atomic E-state index is 12.5. The van der Waals surface area contributed by atoms with Gasteiger partial charge in [0.05, 0.1) is 32.5 Å². The number of aromatic hydroxyl groups is 1. The number of phenols is 1. The molecule has 0 aliphatic carbocycles. The van der Waals surface area contributed by atoms with Crippen LogP contribution in [0.5, 0.6) is 5.75 Å². The monoisotopic (exact) mass is 374 g/mol. The van der Waals surface area contributed by atoms with Crippen LogP contribution >= 0.6 is 39.1 Å². The van der Waals surface area contributed by atoms with Gasteiger partial charge in [0, 0.05) is 4.47 Å².